The topological polar surface area (TPSA) is 73.3 Å². The Morgan fingerprint density at radius 2 is 1.66 bits per heavy atom. The van der Waals surface area contributed by atoms with Gasteiger partial charge in [-0.2, -0.15) is 0 Å². The Kier molecular flexibility index (Phi) is 14.7. The standard InChI is InChI=1S/C21H35N3O4.HI/c1-22-21(23-11-3-13-27-17-18-9-15-26-16-10-18)24-12-4-14-28-20-7-5-19(25-2)6-8-20;/h5-8,18H,3-4,9-17H2,1-2H3,(H2,22,23,24);1H. The van der Waals surface area contributed by atoms with Crippen molar-refractivity contribution in [3.63, 3.8) is 0 Å². The van der Waals surface area contributed by atoms with Crippen molar-refractivity contribution >= 4 is 29.9 Å². The molecule has 0 amide bonds. The van der Waals surface area contributed by atoms with Gasteiger partial charge in [0.2, 0.25) is 0 Å². The Morgan fingerprint density at radius 3 is 2.28 bits per heavy atom. The minimum Gasteiger partial charge on any atom is -0.497 e. The van der Waals surface area contributed by atoms with Gasteiger partial charge in [0.15, 0.2) is 5.96 Å². The van der Waals surface area contributed by atoms with Gasteiger partial charge in [-0.3, -0.25) is 4.99 Å². The lowest BCUT2D eigenvalue weighted by atomic mass is 10.0. The van der Waals surface area contributed by atoms with Gasteiger partial charge in [-0.25, -0.2) is 0 Å². The lowest BCUT2D eigenvalue weighted by molar-refractivity contribution is 0.0203. The van der Waals surface area contributed by atoms with E-state index in [2.05, 4.69) is 15.6 Å². The van der Waals surface area contributed by atoms with E-state index >= 15 is 0 Å². The molecule has 2 rings (SSSR count). The molecule has 1 saturated heterocycles. The Bertz CT molecular complexity index is 551. The number of hydrogen-bond donors (Lipinski definition) is 2. The average Bonchev–Trinajstić information content (AvgIpc) is 2.75. The van der Waals surface area contributed by atoms with Crippen molar-refractivity contribution in [3.05, 3.63) is 24.3 Å². The van der Waals surface area contributed by atoms with Crippen LogP contribution < -0.4 is 20.1 Å². The number of ether oxygens (including phenoxy) is 4. The number of aliphatic imine (C=N–C) groups is 1. The highest BCUT2D eigenvalue weighted by atomic mass is 127. The van der Waals surface area contributed by atoms with Crippen LogP contribution in [-0.2, 0) is 9.47 Å². The second-order valence-electron chi connectivity index (χ2n) is 6.79. The Labute approximate surface area is 191 Å². The molecule has 1 aromatic carbocycles. The number of hydrogen-bond acceptors (Lipinski definition) is 5. The molecule has 1 aromatic rings. The highest BCUT2D eigenvalue weighted by Gasteiger charge is 2.13. The Balaban J connectivity index is 0.00000420. The van der Waals surface area contributed by atoms with Gasteiger partial charge in [0, 0.05) is 46.6 Å². The van der Waals surface area contributed by atoms with Crippen molar-refractivity contribution < 1.29 is 18.9 Å². The number of halogens is 1. The first-order valence-corrected chi connectivity index (χ1v) is 10.2. The molecule has 0 aromatic heterocycles. The molecule has 0 atom stereocenters. The normalized spacial score (nSPS) is 14.8. The van der Waals surface area contributed by atoms with Crippen molar-refractivity contribution in [2.75, 3.05) is 60.3 Å². The average molecular weight is 521 g/mol. The molecule has 8 heteroatoms. The van der Waals surface area contributed by atoms with Crippen molar-refractivity contribution in [1.82, 2.24) is 10.6 Å². The minimum absolute atomic E-state index is 0. The third-order valence-corrected chi connectivity index (χ3v) is 4.62. The summed E-state index contributed by atoms with van der Waals surface area (Å²) in [6.45, 7) is 5.68. The summed E-state index contributed by atoms with van der Waals surface area (Å²) in [5, 5.41) is 6.61. The molecule has 1 aliphatic rings. The van der Waals surface area contributed by atoms with Crippen LogP contribution >= 0.6 is 24.0 Å². The zero-order valence-corrected chi connectivity index (χ0v) is 20.0. The highest BCUT2D eigenvalue weighted by Crippen LogP contribution is 2.17. The van der Waals surface area contributed by atoms with Gasteiger partial charge in [-0.1, -0.05) is 0 Å². The molecular formula is C21H36IN3O4. The molecule has 29 heavy (non-hydrogen) atoms. The van der Waals surface area contributed by atoms with Crippen molar-refractivity contribution in [2.24, 2.45) is 10.9 Å². The van der Waals surface area contributed by atoms with Gasteiger partial charge in [0.05, 0.1) is 13.7 Å². The van der Waals surface area contributed by atoms with Crippen LogP contribution in [0.1, 0.15) is 25.7 Å². The zero-order valence-electron chi connectivity index (χ0n) is 17.7. The molecule has 1 fully saturated rings. The number of rotatable bonds is 12. The van der Waals surface area contributed by atoms with Gasteiger partial charge in [0.1, 0.15) is 11.5 Å². The van der Waals surface area contributed by atoms with E-state index in [4.69, 9.17) is 18.9 Å². The van der Waals surface area contributed by atoms with E-state index in [1.165, 1.54) is 0 Å². The zero-order chi connectivity index (χ0) is 19.9. The summed E-state index contributed by atoms with van der Waals surface area (Å²) >= 11 is 0. The van der Waals surface area contributed by atoms with E-state index in [-0.39, 0.29) is 24.0 Å². The van der Waals surface area contributed by atoms with E-state index in [9.17, 15) is 0 Å². The first kappa shape index (κ1) is 25.8. The molecule has 0 saturated carbocycles. The van der Waals surface area contributed by atoms with Gasteiger partial charge in [-0.05, 0) is 55.9 Å². The number of guanidine groups is 1. The van der Waals surface area contributed by atoms with Crippen LogP contribution in [0.5, 0.6) is 11.5 Å². The van der Waals surface area contributed by atoms with Crippen molar-refractivity contribution in [2.45, 2.75) is 25.7 Å². The van der Waals surface area contributed by atoms with Gasteiger partial charge >= 0.3 is 0 Å². The molecule has 7 nitrogen and oxygen atoms in total. The van der Waals surface area contributed by atoms with Crippen LogP contribution in [0.3, 0.4) is 0 Å². The molecule has 166 valence electrons. The lowest BCUT2D eigenvalue weighted by Gasteiger charge is -2.21. The summed E-state index contributed by atoms with van der Waals surface area (Å²) in [4.78, 5) is 4.24. The second kappa shape index (κ2) is 16.5. The van der Waals surface area contributed by atoms with E-state index in [0.29, 0.717) is 12.5 Å². The molecule has 0 unspecified atom stereocenters. The molecule has 1 heterocycles. The van der Waals surface area contributed by atoms with Crippen LogP contribution in [0.4, 0.5) is 0 Å². The maximum atomic E-state index is 5.78. The van der Waals surface area contributed by atoms with E-state index in [1.807, 2.05) is 24.3 Å². The lowest BCUT2D eigenvalue weighted by Crippen LogP contribution is -2.38. The smallest absolute Gasteiger partial charge is 0.190 e. The van der Waals surface area contributed by atoms with Crippen LogP contribution in [0.25, 0.3) is 0 Å². The van der Waals surface area contributed by atoms with Crippen molar-refractivity contribution in [3.8, 4) is 11.5 Å². The summed E-state index contributed by atoms with van der Waals surface area (Å²) in [5.74, 6) is 3.16. The number of benzene rings is 1. The fourth-order valence-corrected chi connectivity index (χ4v) is 2.91. The van der Waals surface area contributed by atoms with E-state index < -0.39 is 0 Å². The molecular weight excluding hydrogens is 485 g/mol. The Morgan fingerprint density at radius 1 is 1.03 bits per heavy atom. The maximum absolute atomic E-state index is 5.78. The third kappa shape index (κ3) is 11.5. The predicted molar refractivity (Wildman–Crippen MR) is 127 cm³/mol. The van der Waals surface area contributed by atoms with Crippen LogP contribution in [0, 0.1) is 5.92 Å². The molecule has 1 aliphatic heterocycles. The first-order valence-electron chi connectivity index (χ1n) is 10.2. The predicted octanol–water partition coefficient (Wildman–Crippen LogP) is 3.08. The molecule has 0 radical (unpaired) electrons. The fraction of sp³-hybridized carbons (Fsp3) is 0.667. The largest absolute Gasteiger partial charge is 0.497 e. The van der Waals surface area contributed by atoms with Crippen molar-refractivity contribution in [1.29, 1.82) is 0 Å². The molecule has 0 spiro atoms. The summed E-state index contributed by atoms with van der Waals surface area (Å²) in [6.07, 6.45) is 4.10. The molecule has 0 aliphatic carbocycles. The van der Waals surface area contributed by atoms with Gasteiger partial charge in [-0.15, -0.1) is 24.0 Å². The maximum Gasteiger partial charge on any atom is 0.190 e. The third-order valence-electron chi connectivity index (χ3n) is 4.62. The summed E-state index contributed by atoms with van der Waals surface area (Å²) in [7, 11) is 3.44. The SMILES string of the molecule is CN=C(NCCCOCC1CCOCC1)NCCCOc1ccc(OC)cc1.I. The highest BCUT2D eigenvalue weighted by molar-refractivity contribution is 14.0. The van der Waals surface area contributed by atoms with Crippen LogP contribution in [0.15, 0.2) is 29.3 Å². The fourth-order valence-electron chi connectivity index (χ4n) is 2.91. The van der Waals surface area contributed by atoms with Gasteiger partial charge < -0.3 is 29.6 Å². The van der Waals surface area contributed by atoms with Gasteiger partial charge in [0.25, 0.3) is 0 Å². The molecule has 0 bridgehead atoms. The summed E-state index contributed by atoms with van der Waals surface area (Å²) < 4.78 is 22.0. The minimum atomic E-state index is 0. The van der Waals surface area contributed by atoms with E-state index in [1.54, 1.807) is 14.2 Å². The Hall–Kier alpha value is -1.26. The first-order chi connectivity index (χ1) is 13.8. The monoisotopic (exact) mass is 521 g/mol. The second-order valence-corrected chi connectivity index (χ2v) is 6.79. The molecule has 2 N–H and O–H groups in total. The summed E-state index contributed by atoms with van der Waals surface area (Å²) in [5.41, 5.74) is 0. The number of methoxy groups -OCH3 is 1. The van der Waals surface area contributed by atoms with Crippen LogP contribution in [0.2, 0.25) is 0 Å². The quantitative estimate of drug-likeness (QED) is 0.191. The number of nitrogens with zero attached hydrogens (tertiary/aromatic N) is 1. The number of nitrogens with one attached hydrogen (secondary N) is 2. The van der Waals surface area contributed by atoms with Crippen LogP contribution in [-0.4, -0.2) is 66.2 Å². The summed E-state index contributed by atoms with van der Waals surface area (Å²) in [6, 6.07) is 7.62. The van der Waals surface area contributed by atoms with E-state index in [0.717, 1.165) is 82.7 Å².